The van der Waals surface area contributed by atoms with E-state index in [2.05, 4.69) is 146 Å². The SMILES string of the molecule is c1ccc(-c2cccc(-c3cc(-c4ccccc4)nc(-c4c5ccccc5cc5ccc6ccccc6c45)n3)c2)cc1. The molecular formula is C40H26N2. The molecule has 2 nitrogen and oxygen atoms in total. The highest BCUT2D eigenvalue weighted by Gasteiger charge is 2.18. The zero-order valence-corrected chi connectivity index (χ0v) is 22.9. The Morgan fingerprint density at radius 3 is 1.69 bits per heavy atom. The lowest BCUT2D eigenvalue weighted by Gasteiger charge is -2.15. The van der Waals surface area contributed by atoms with Crippen molar-refractivity contribution in [2.75, 3.05) is 0 Å². The van der Waals surface area contributed by atoms with Crippen molar-refractivity contribution in [1.82, 2.24) is 9.97 Å². The van der Waals surface area contributed by atoms with Crippen LogP contribution in [0.4, 0.5) is 0 Å². The summed E-state index contributed by atoms with van der Waals surface area (Å²) in [6.45, 7) is 0. The molecule has 0 aliphatic heterocycles. The smallest absolute Gasteiger partial charge is 0.161 e. The lowest BCUT2D eigenvalue weighted by atomic mass is 9.92. The predicted molar refractivity (Wildman–Crippen MR) is 176 cm³/mol. The van der Waals surface area contributed by atoms with Crippen LogP contribution in [0.1, 0.15) is 0 Å². The van der Waals surface area contributed by atoms with Crippen molar-refractivity contribution in [1.29, 1.82) is 0 Å². The van der Waals surface area contributed by atoms with Crippen molar-refractivity contribution in [3.8, 4) is 45.0 Å². The average Bonchev–Trinajstić information content (AvgIpc) is 3.08. The average molecular weight is 535 g/mol. The molecule has 8 rings (SSSR count). The molecule has 0 bridgehead atoms. The first-order valence-electron chi connectivity index (χ1n) is 14.3. The summed E-state index contributed by atoms with van der Waals surface area (Å²) < 4.78 is 0. The molecule has 0 atom stereocenters. The second kappa shape index (κ2) is 10.1. The summed E-state index contributed by atoms with van der Waals surface area (Å²) in [5.74, 6) is 0.731. The molecule has 1 aromatic heterocycles. The lowest BCUT2D eigenvalue weighted by Crippen LogP contribution is -1.98. The van der Waals surface area contributed by atoms with Crippen LogP contribution in [0.5, 0.6) is 0 Å². The molecule has 0 fully saturated rings. The van der Waals surface area contributed by atoms with Crippen LogP contribution in [-0.2, 0) is 0 Å². The van der Waals surface area contributed by atoms with Crippen LogP contribution < -0.4 is 0 Å². The molecule has 0 unspecified atom stereocenters. The maximum absolute atomic E-state index is 5.33. The molecule has 0 amide bonds. The van der Waals surface area contributed by atoms with E-state index in [1.807, 2.05) is 12.1 Å². The van der Waals surface area contributed by atoms with E-state index in [0.717, 1.165) is 44.9 Å². The minimum atomic E-state index is 0.731. The van der Waals surface area contributed by atoms with Crippen LogP contribution in [0.15, 0.2) is 158 Å². The predicted octanol–water partition coefficient (Wildman–Crippen LogP) is 10.6. The molecule has 0 spiro atoms. The van der Waals surface area contributed by atoms with Gasteiger partial charge in [-0.15, -0.1) is 0 Å². The molecule has 0 radical (unpaired) electrons. The molecule has 0 aliphatic rings. The second-order valence-corrected chi connectivity index (χ2v) is 10.6. The summed E-state index contributed by atoms with van der Waals surface area (Å²) in [7, 11) is 0. The molecule has 0 N–H and O–H groups in total. The molecule has 1 heterocycles. The van der Waals surface area contributed by atoms with Crippen LogP contribution in [-0.4, -0.2) is 9.97 Å². The van der Waals surface area contributed by atoms with Gasteiger partial charge in [0, 0.05) is 22.1 Å². The van der Waals surface area contributed by atoms with Crippen molar-refractivity contribution in [2.45, 2.75) is 0 Å². The van der Waals surface area contributed by atoms with Gasteiger partial charge >= 0.3 is 0 Å². The third kappa shape index (κ3) is 4.22. The standard InChI is InChI=1S/C40H26N2/c1-3-12-27(13-4-1)30-18-11-19-32(24-30)37-26-36(29-15-5-2-6-16-29)41-40(42-37)39-35-21-10-8-17-31(35)25-33-23-22-28-14-7-9-20-34(28)38(33)39/h1-26H. The summed E-state index contributed by atoms with van der Waals surface area (Å²) in [5, 5.41) is 7.10. The molecule has 196 valence electrons. The number of nitrogens with zero attached hydrogens (tertiary/aromatic N) is 2. The van der Waals surface area contributed by atoms with Gasteiger partial charge in [-0.1, -0.05) is 140 Å². The Labute approximate surface area is 244 Å². The van der Waals surface area contributed by atoms with Crippen LogP contribution in [0.25, 0.3) is 77.3 Å². The maximum Gasteiger partial charge on any atom is 0.161 e. The van der Waals surface area contributed by atoms with Gasteiger partial charge in [-0.3, -0.25) is 0 Å². The Balaban J connectivity index is 1.46. The first-order chi connectivity index (χ1) is 20.8. The third-order valence-corrected chi connectivity index (χ3v) is 8.04. The summed E-state index contributed by atoms with van der Waals surface area (Å²) in [6.07, 6.45) is 0. The minimum absolute atomic E-state index is 0.731. The first kappa shape index (κ1) is 24.2. The fourth-order valence-electron chi connectivity index (χ4n) is 6.03. The molecule has 0 saturated heterocycles. The van der Waals surface area contributed by atoms with Gasteiger partial charge in [0.1, 0.15) is 0 Å². The first-order valence-corrected chi connectivity index (χ1v) is 14.3. The van der Waals surface area contributed by atoms with E-state index in [9.17, 15) is 0 Å². The van der Waals surface area contributed by atoms with E-state index in [4.69, 9.17) is 9.97 Å². The van der Waals surface area contributed by atoms with Gasteiger partial charge in [-0.2, -0.15) is 0 Å². The minimum Gasteiger partial charge on any atom is -0.228 e. The van der Waals surface area contributed by atoms with E-state index < -0.39 is 0 Å². The van der Waals surface area contributed by atoms with E-state index in [1.54, 1.807) is 0 Å². The van der Waals surface area contributed by atoms with Crippen molar-refractivity contribution in [2.24, 2.45) is 0 Å². The van der Waals surface area contributed by atoms with Crippen molar-refractivity contribution >= 4 is 32.3 Å². The zero-order valence-electron chi connectivity index (χ0n) is 22.9. The van der Waals surface area contributed by atoms with Crippen LogP contribution >= 0.6 is 0 Å². The Hall–Kier alpha value is -5.60. The molecule has 7 aromatic carbocycles. The highest BCUT2D eigenvalue weighted by molar-refractivity contribution is 6.21. The van der Waals surface area contributed by atoms with E-state index in [1.165, 1.54) is 32.5 Å². The fraction of sp³-hybridized carbons (Fsp3) is 0. The maximum atomic E-state index is 5.33. The highest BCUT2D eigenvalue weighted by atomic mass is 14.9. The molecule has 8 aromatic rings. The van der Waals surface area contributed by atoms with Crippen LogP contribution in [0.3, 0.4) is 0 Å². The Morgan fingerprint density at radius 2 is 0.905 bits per heavy atom. The Morgan fingerprint density at radius 1 is 0.333 bits per heavy atom. The molecule has 0 aliphatic carbocycles. The number of hydrogen-bond donors (Lipinski definition) is 0. The second-order valence-electron chi connectivity index (χ2n) is 10.6. The van der Waals surface area contributed by atoms with Gasteiger partial charge in [-0.25, -0.2) is 9.97 Å². The summed E-state index contributed by atoms with van der Waals surface area (Å²) in [6, 6.07) is 55.5. The summed E-state index contributed by atoms with van der Waals surface area (Å²) in [5.41, 5.74) is 7.35. The van der Waals surface area contributed by atoms with Gasteiger partial charge in [0.2, 0.25) is 0 Å². The number of benzene rings is 7. The largest absolute Gasteiger partial charge is 0.228 e. The van der Waals surface area contributed by atoms with Crippen molar-refractivity contribution in [3.05, 3.63) is 158 Å². The van der Waals surface area contributed by atoms with Crippen LogP contribution in [0, 0.1) is 0 Å². The summed E-state index contributed by atoms with van der Waals surface area (Å²) >= 11 is 0. The number of aromatic nitrogens is 2. The van der Waals surface area contributed by atoms with Gasteiger partial charge < -0.3 is 0 Å². The Kier molecular flexibility index (Phi) is 5.82. The summed E-state index contributed by atoms with van der Waals surface area (Å²) in [4.78, 5) is 10.6. The Bertz CT molecular complexity index is 2240. The van der Waals surface area contributed by atoms with E-state index >= 15 is 0 Å². The number of fused-ring (bicyclic) bond motifs is 4. The molecule has 0 saturated carbocycles. The normalized spacial score (nSPS) is 11.3. The zero-order chi connectivity index (χ0) is 27.9. The van der Waals surface area contributed by atoms with Crippen molar-refractivity contribution < 1.29 is 0 Å². The van der Waals surface area contributed by atoms with Crippen molar-refractivity contribution in [3.63, 3.8) is 0 Å². The van der Waals surface area contributed by atoms with E-state index in [0.29, 0.717) is 0 Å². The van der Waals surface area contributed by atoms with Crippen LogP contribution in [0.2, 0.25) is 0 Å². The van der Waals surface area contributed by atoms with Gasteiger partial charge in [0.15, 0.2) is 5.82 Å². The molecule has 42 heavy (non-hydrogen) atoms. The number of rotatable bonds is 4. The van der Waals surface area contributed by atoms with Gasteiger partial charge in [-0.05, 0) is 56.3 Å². The number of hydrogen-bond acceptors (Lipinski definition) is 2. The lowest BCUT2D eigenvalue weighted by molar-refractivity contribution is 1.19. The highest BCUT2D eigenvalue weighted by Crippen LogP contribution is 2.40. The monoisotopic (exact) mass is 534 g/mol. The quantitative estimate of drug-likeness (QED) is 0.166. The third-order valence-electron chi connectivity index (χ3n) is 8.04. The molecular weight excluding hydrogens is 508 g/mol. The molecule has 2 heteroatoms. The van der Waals surface area contributed by atoms with Gasteiger partial charge in [0.25, 0.3) is 0 Å². The van der Waals surface area contributed by atoms with Gasteiger partial charge in [0.05, 0.1) is 11.4 Å². The van der Waals surface area contributed by atoms with E-state index in [-0.39, 0.29) is 0 Å². The fourth-order valence-corrected chi connectivity index (χ4v) is 6.03. The topological polar surface area (TPSA) is 25.8 Å².